The lowest BCUT2D eigenvalue weighted by Crippen LogP contribution is -2.27. The molecular weight excluding hydrogens is 298 g/mol. The smallest absolute Gasteiger partial charge is 0.335 e. The first-order valence-corrected chi connectivity index (χ1v) is 9.80. The molecule has 2 rings (SSSR count). The van der Waals surface area contributed by atoms with Crippen molar-refractivity contribution in [3.05, 3.63) is 29.8 Å². The van der Waals surface area contributed by atoms with Gasteiger partial charge in [-0.15, -0.1) is 0 Å². The number of benzene rings is 1. The predicted octanol–water partition coefficient (Wildman–Crippen LogP) is 6.11. The van der Waals surface area contributed by atoms with Gasteiger partial charge in [0.25, 0.3) is 0 Å². The highest BCUT2D eigenvalue weighted by atomic mass is 16.4. The highest BCUT2D eigenvalue weighted by Gasteiger charge is 2.24. The summed E-state index contributed by atoms with van der Waals surface area (Å²) in [7, 11) is 0. The van der Waals surface area contributed by atoms with E-state index in [4.69, 9.17) is 5.11 Å². The molecule has 24 heavy (non-hydrogen) atoms. The van der Waals surface area contributed by atoms with Crippen molar-refractivity contribution in [3.63, 3.8) is 0 Å². The number of anilines is 1. The molecule has 0 amide bonds. The summed E-state index contributed by atoms with van der Waals surface area (Å²) in [5, 5.41) is 12.7. The van der Waals surface area contributed by atoms with Crippen molar-refractivity contribution in [2.75, 3.05) is 5.32 Å². The fourth-order valence-corrected chi connectivity index (χ4v) is 3.85. The topological polar surface area (TPSA) is 49.3 Å². The number of carboxylic acid groups (broad SMARTS) is 1. The molecule has 0 bridgehead atoms. The molecule has 1 fully saturated rings. The number of carbonyl (C=O) groups is 1. The van der Waals surface area contributed by atoms with Crippen LogP contribution in [0.2, 0.25) is 0 Å². The SMILES string of the molecule is CCCCCCCCC(Nc1ccc(C(=O)O)cc1)C1CCCC1. The minimum absolute atomic E-state index is 0.355. The second-order valence-electron chi connectivity index (χ2n) is 7.23. The van der Waals surface area contributed by atoms with Crippen LogP contribution >= 0.6 is 0 Å². The van der Waals surface area contributed by atoms with Crippen LogP contribution in [0.15, 0.2) is 24.3 Å². The van der Waals surface area contributed by atoms with Gasteiger partial charge in [0.15, 0.2) is 0 Å². The number of hydrogen-bond acceptors (Lipinski definition) is 2. The van der Waals surface area contributed by atoms with Crippen molar-refractivity contribution in [1.29, 1.82) is 0 Å². The van der Waals surface area contributed by atoms with Crippen LogP contribution in [0.1, 0.15) is 87.9 Å². The molecule has 1 aliphatic rings. The summed E-state index contributed by atoms with van der Waals surface area (Å²) in [5.41, 5.74) is 1.41. The molecule has 0 saturated heterocycles. The molecule has 3 nitrogen and oxygen atoms in total. The standard InChI is InChI=1S/C21H33NO2/c1-2-3-4-5-6-7-12-20(17-10-8-9-11-17)22-19-15-13-18(14-16-19)21(23)24/h13-17,20,22H,2-12H2,1H3,(H,23,24). The lowest BCUT2D eigenvalue weighted by atomic mass is 9.92. The van der Waals surface area contributed by atoms with Crippen molar-refractivity contribution in [2.45, 2.75) is 83.6 Å². The number of carboxylic acids is 1. The van der Waals surface area contributed by atoms with Crippen molar-refractivity contribution < 1.29 is 9.90 Å². The largest absolute Gasteiger partial charge is 0.478 e. The van der Waals surface area contributed by atoms with Crippen LogP contribution in [0.5, 0.6) is 0 Å². The van der Waals surface area contributed by atoms with E-state index in [1.807, 2.05) is 12.1 Å². The van der Waals surface area contributed by atoms with Gasteiger partial charge in [-0.2, -0.15) is 0 Å². The molecule has 0 radical (unpaired) electrons. The van der Waals surface area contributed by atoms with Gasteiger partial charge in [0.05, 0.1) is 5.56 Å². The summed E-state index contributed by atoms with van der Waals surface area (Å²) in [4.78, 5) is 11.0. The van der Waals surface area contributed by atoms with Crippen LogP contribution < -0.4 is 5.32 Å². The summed E-state index contributed by atoms with van der Waals surface area (Å²) < 4.78 is 0. The second kappa shape index (κ2) is 10.4. The number of hydrogen-bond donors (Lipinski definition) is 2. The molecule has 1 aromatic carbocycles. The molecule has 3 heteroatoms. The predicted molar refractivity (Wildman–Crippen MR) is 101 cm³/mol. The molecular formula is C21H33NO2. The third-order valence-corrected chi connectivity index (χ3v) is 5.32. The zero-order valence-electron chi connectivity index (χ0n) is 15.1. The Bertz CT molecular complexity index is 477. The van der Waals surface area contributed by atoms with Gasteiger partial charge in [-0.3, -0.25) is 0 Å². The number of aromatic carboxylic acids is 1. The first-order valence-electron chi connectivity index (χ1n) is 9.80. The highest BCUT2D eigenvalue weighted by molar-refractivity contribution is 5.88. The van der Waals surface area contributed by atoms with Crippen molar-refractivity contribution in [3.8, 4) is 0 Å². The van der Waals surface area contributed by atoms with Gasteiger partial charge in [-0.25, -0.2) is 4.79 Å². The first-order chi connectivity index (χ1) is 11.7. The van der Waals surface area contributed by atoms with E-state index in [9.17, 15) is 4.79 Å². The van der Waals surface area contributed by atoms with E-state index in [1.54, 1.807) is 12.1 Å². The Hall–Kier alpha value is -1.51. The Morgan fingerprint density at radius 3 is 2.33 bits per heavy atom. The van der Waals surface area contributed by atoms with E-state index >= 15 is 0 Å². The van der Waals surface area contributed by atoms with E-state index in [0.717, 1.165) is 11.6 Å². The lowest BCUT2D eigenvalue weighted by molar-refractivity contribution is 0.0697. The Morgan fingerprint density at radius 1 is 1.08 bits per heavy atom. The minimum Gasteiger partial charge on any atom is -0.478 e. The van der Waals surface area contributed by atoms with Crippen LogP contribution in [-0.2, 0) is 0 Å². The molecule has 0 heterocycles. The minimum atomic E-state index is -0.860. The zero-order valence-corrected chi connectivity index (χ0v) is 15.1. The molecule has 1 saturated carbocycles. The molecule has 0 aromatic heterocycles. The number of unbranched alkanes of at least 4 members (excludes halogenated alkanes) is 5. The summed E-state index contributed by atoms with van der Waals surface area (Å²) in [6.45, 7) is 2.26. The van der Waals surface area contributed by atoms with Crippen LogP contribution in [-0.4, -0.2) is 17.1 Å². The maximum absolute atomic E-state index is 11.0. The number of nitrogens with one attached hydrogen (secondary N) is 1. The summed E-state index contributed by atoms with van der Waals surface area (Å²) in [5.74, 6) is -0.0826. The van der Waals surface area contributed by atoms with Crippen LogP contribution in [0.3, 0.4) is 0 Å². The third kappa shape index (κ3) is 6.18. The maximum atomic E-state index is 11.0. The fraction of sp³-hybridized carbons (Fsp3) is 0.667. The van der Waals surface area contributed by atoms with Crippen molar-refractivity contribution >= 4 is 11.7 Å². The molecule has 1 aliphatic carbocycles. The normalized spacial score (nSPS) is 16.2. The van der Waals surface area contributed by atoms with Gasteiger partial charge in [0.1, 0.15) is 0 Å². The monoisotopic (exact) mass is 331 g/mol. The average Bonchev–Trinajstić information content (AvgIpc) is 3.12. The zero-order chi connectivity index (χ0) is 17.2. The Balaban J connectivity index is 1.84. The summed E-state index contributed by atoms with van der Waals surface area (Å²) >= 11 is 0. The van der Waals surface area contributed by atoms with Gasteiger partial charge >= 0.3 is 5.97 Å². The molecule has 1 unspecified atom stereocenters. The fourth-order valence-electron chi connectivity index (χ4n) is 3.85. The van der Waals surface area contributed by atoms with E-state index in [0.29, 0.717) is 11.6 Å². The lowest BCUT2D eigenvalue weighted by Gasteiger charge is -2.26. The Kier molecular flexibility index (Phi) is 8.14. The van der Waals surface area contributed by atoms with E-state index < -0.39 is 5.97 Å². The van der Waals surface area contributed by atoms with Crippen molar-refractivity contribution in [1.82, 2.24) is 0 Å². The van der Waals surface area contributed by atoms with Crippen LogP contribution in [0, 0.1) is 5.92 Å². The number of rotatable bonds is 11. The molecule has 134 valence electrons. The quantitative estimate of drug-likeness (QED) is 0.481. The highest BCUT2D eigenvalue weighted by Crippen LogP contribution is 2.32. The van der Waals surface area contributed by atoms with E-state index in [-0.39, 0.29) is 0 Å². The van der Waals surface area contributed by atoms with Crippen LogP contribution in [0.4, 0.5) is 5.69 Å². The van der Waals surface area contributed by atoms with Gasteiger partial charge in [0.2, 0.25) is 0 Å². The van der Waals surface area contributed by atoms with Gasteiger partial charge in [-0.1, -0.05) is 58.3 Å². The van der Waals surface area contributed by atoms with E-state index in [1.165, 1.54) is 70.6 Å². The van der Waals surface area contributed by atoms with Gasteiger partial charge in [-0.05, 0) is 49.4 Å². The summed E-state index contributed by atoms with van der Waals surface area (Å²) in [6, 6.07) is 7.75. The second-order valence-corrected chi connectivity index (χ2v) is 7.23. The third-order valence-electron chi connectivity index (χ3n) is 5.32. The van der Waals surface area contributed by atoms with Gasteiger partial charge in [0, 0.05) is 11.7 Å². The maximum Gasteiger partial charge on any atom is 0.335 e. The molecule has 1 atom stereocenters. The Labute approximate surface area is 146 Å². The van der Waals surface area contributed by atoms with Crippen LogP contribution in [0.25, 0.3) is 0 Å². The summed E-state index contributed by atoms with van der Waals surface area (Å²) in [6.07, 6.45) is 14.6. The van der Waals surface area contributed by atoms with Crippen molar-refractivity contribution in [2.24, 2.45) is 5.92 Å². The molecule has 0 aliphatic heterocycles. The Morgan fingerprint density at radius 2 is 1.71 bits per heavy atom. The molecule has 0 spiro atoms. The first kappa shape index (κ1) is 18.8. The van der Waals surface area contributed by atoms with E-state index in [2.05, 4.69) is 12.2 Å². The van der Waals surface area contributed by atoms with Gasteiger partial charge < -0.3 is 10.4 Å². The molecule has 2 N–H and O–H groups in total. The average molecular weight is 332 g/mol. The molecule has 1 aromatic rings.